The second-order valence-corrected chi connectivity index (χ2v) is 8.70. The van der Waals surface area contributed by atoms with Gasteiger partial charge in [-0.1, -0.05) is 23.7 Å². The van der Waals surface area contributed by atoms with Gasteiger partial charge in [0.25, 0.3) is 0 Å². The number of ether oxygens (including phenoxy) is 1. The Morgan fingerprint density at radius 2 is 2.04 bits per heavy atom. The molecule has 27 heavy (non-hydrogen) atoms. The highest BCUT2D eigenvalue weighted by molar-refractivity contribution is 7.89. The SMILES string of the molecule is COc1ccc(C)c(S(=O)(=O)N2CCC[C@H]2C(=O)Nc2cccc(Cl)c2)c1. The average Bonchev–Trinajstić information content (AvgIpc) is 3.13. The maximum atomic E-state index is 13.2. The van der Waals surface area contributed by atoms with Crippen LogP contribution in [0.5, 0.6) is 5.75 Å². The minimum absolute atomic E-state index is 0.157. The fraction of sp³-hybridized carbons (Fsp3) is 0.316. The summed E-state index contributed by atoms with van der Waals surface area (Å²) in [5.74, 6) is 0.0946. The summed E-state index contributed by atoms with van der Waals surface area (Å²) in [4.78, 5) is 12.9. The molecule has 0 spiro atoms. The summed E-state index contributed by atoms with van der Waals surface area (Å²) in [5, 5.41) is 3.26. The van der Waals surface area contributed by atoms with Crippen molar-refractivity contribution >= 4 is 33.2 Å². The number of benzene rings is 2. The molecule has 1 aliphatic rings. The van der Waals surface area contributed by atoms with Crippen LogP contribution in [0.2, 0.25) is 5.02 Å². The van der Waals surface area contributed by atoms with Crippen LogP contribution in [0.1, 0.15) is 18.4 Å². The normalized spacial score (nSPS) is 17.7. The molecule has 1 N–H and O–H groups in total. The fourth-order valence-electron chi connectivity index (χ4n) is 3.19. The van der Waals surface area contributed by atoms with Crippen molar-refractivity contribution < 1.29 is 17.9 Å². The van der Waals surface area contributed by atoms with Gasteiger partial charge in [0.15, 0.2) is 0 Å². The van der Waals surface area contributed by atoms with E-state index < -0.39 is 16.1 Å². The maximum absolute atomic E-state index is 13.2. The zero-order valence-electron chi connectivity index (χ0n) is 15.1. The molecule has 2 aromatic carbocycles. The summed E-state index contributed by atoms with van der Waals surface area (Å²) in [6, 6.07) is 10.9. The number of aryl methyl sites for hydroxylation is 1. The molecule has 1 heterocycles. The van der Waals surface area contributed by atoms with Crippen LogP contribution in [-0.2, 0) is 14.8 Å². The van der Waals surface area contributed by atoms with E-state index in [2.05, 4.69) is 5.32 Å². The molecule has 1 amide bonds. The minimum atomic E-state index is -3.83. The van der Waals surface area contributed by atoms with Crippen molar-refractivity contribution in [2.75, 3.05) is 19.0 Å². The van der Waals surface area contributed by atoms with Gasteiger partial charge in [-0.3, -0.25) is 4.79 Å². The molecular formula is C19H21ClN2O4S. The molecule has 0 saturated carbocycles. The van der Waals surface area contributed by atoms with Gasteiger partial charge in [0, 0.05) is 23.3 Å². The molecule has 0 aromatic heterocycles. The van der Waals surface area contributed by atoms with Crippen LogP contribution in [-0.4, -0.2) is 38.3 Å². The van der Waals surface area contributed by atoms with E-state index in [1.807, 2.05) is 0 Å². The molecule has 8 heteroatoms. The third kappa shape index (κ3) is 4.10. The average molecular weight is 409 g/mol. The van der Waals surface area contributed by atoms with Gasteiger partial charge in [-0.05, 0) is 49.6 Å². The number of nitrogens with one attached hydrogen (secondary N) is 1. The van der Waals surface area contributed by atoms with E-state index in [-0.39, 0.29) is 10.8 Å². The smallest absolute Gasteiger partial charge is 0.244 e. The maximum Gasteiger partial charge on any atom is 0.244 e. The zero-order valence-corrected chi connectivity index (χ0v) is 16.7. The third-order valence-electron chi connectivity index (χ3n) is 4.58. The number of sulfonamides is 1. The first-order chi connectivity index (χ1) is 12.8. The summed E-state index contributed by atoms with van der Waals surface area (Å²) in [7, 11) is -2.35. The van der Waals surface area contributed by atoms with Gasteiger partial charge in [0.05, 0.1) is 12.0 Å². The Balaban J connectivity index is 1.88. The molecule has 0 aliphatic carbocycles. The number of amides is 1. The predicted octanol–water partition coefficient (Wildman–Crippen LogP) is 3.45. The molecule has 0 radical (unpaired) electrons. The van der Waals surface area contributed by atoms with Crippen LogP contribution in [0.4, 0.5) is 5.69 Å². The van der Waals surface area contributed by atoms with Crippen LogP contribution in [0.25, 0.3) is 0 Å². The number of carbonyl (C=O) groups excluding carboxylic acids is 1. The van der Waals surface area contributed by atoms with Crippen LogP contribution in [0.3, 0.4) is 0 Å². The molecule has 2 aromatic rings. The molecule has 0 bridgehead atoms. The molecule has 3 rings (SSSR count). The molecule has 6 nitrogen and oxygen atoms in total. The highest BCUT2D eigenvalue weighted by Gasteiger charge is 2.40. The van der Waals surface area contributed by atoms with Gasteiger partial charge >= 0.3 is 0 Å². The standard InChI is InChI=1S/C19H21ClN2O4S/c1-13-8-9-16(26-2)12-18(13)27(24,25)22-10-4-7-17(22)19(23)21-15-6-3-5-14(20)11-15/h3,5-6,8-9,11-12,17H,4,7,10H2,1-2H3,(H,21,23)/t17-/m0/s1. The highest BCUT2D eigenvalue weighted by Crippen LogP contribution is 2.30. The lowest BCUT2D eigenvalue weighted by atomic mass is 10.2. The number of nitrogens with zero attached hydrogens (tertiary/aromatic N) is 1. The highest BCUT2D eigenvalue weighted by atomic mass is 35.5. The Kier molecular flexibility index (Phi) is 5.74. The number of anilines is 1. The largest absolute Gasteiger partial charge is 0.497 e. The number of methoxy groups -OCH3 is 1. The third-order valence-corrected chi connectivity index (χ3v) is 6.87. The second kappa shape index (κ2) is 7.88. The first-order valence-electron chi connectivity index (χ1n) is 8.56. The Labute approximate surface area is 164 Å². The van der Waals surface area contributed by atoms with Crippen LogP contribution < -0.4 is 10.1 Å². The Morgan fingerprint density at radius 3 is 2.74 bits per heavy atom. The Bertz CT molecular complexity index is 962. The van der Waals surface area contributed by atoms with E-state index in [4.69, 9.17) is 16.3 Å². The molecule has 1 aliphatic heterocycles. The molecule has 0 unspecified atom stereocenters. The first kappa shape index (κ1) is 19.7. The number of hydrogen-bond acceptors (Lipinski definition) is 4. The van der Waals surface area contributed by atoms with Crippen molar-refractivity contribution in [2.45, 2.75) is 30.7 Å². The zero-order chi connectivity index (χ0) is 19.6. The van der Waals surface area contributed by atoms with E-state index in [1.165, 1.54) is 17.5 Å². The van der Waals surface area contributed by atoms with Crippen molar-refractivity contribution in [1.29, 1.82) is 0 Å². The van der Waals surface area contributed by atoms with Crippen LogP contribution >= 0.6 is 11.6 Å². The van der Waals surface area contributed by atoms with Crippen molar-refractivity contribution in [2.24, 2.45) is 0 Å². The number of hydrogen-bond donors (Lipinski definition) is 1. The van der Waals surface area contributed by atoms with Crippen molar-refractivity contribution in [3.05, 3.63) is 53.1 Å². The van der Waals surface area contributed by atoms with Crippen molar-refractivity contribution in [3.8, 4) is 5.75 Å². The predicted molar refractivity (Wildman–Crippen MR) is 105 cm³/mol. The summed E-state index contributed by atoms with van der Waals surface area (Å²) in [6.45, 7) is 2.02. The monoisotopic (exact) mass is 408 g/mol. The van der Waals surface area contributed by atoms with Crippen LogP contribution in [0, 0.1) is 6.92 Å². The Hall–Kier alpha value is -2.09. The van der Waals surface area contributed by atoms with Gasteiger partial charge in [0.1, 0.15) is 11.8 Å². The van der Waals surface area contributed by atoms with Crippen LogP contribution in [0.15, 0.2) is 47.4 Å². The van der Waals surface area contributed by atoms with E-state index in [1.54, 1.807) is 43.3 Å². The Morgan fingerprint density at radius 1 is 1.26 bits per heavy atom. The lowest BCUT2D eigenvalue weighted by Gasteiger charge is -2.24. The van der Waals surface area contributed by atoms with Crippen molar-refractivity contribution in [3.63, 3.8) is 0 Å². The quantitative estimate of drug-likeness (QED) is 0.822. The molecule has 1 saturated heterocycles. The molecule has 1 atom stereocenters. The number of carbonyl (C=O) groups is 1. The number of rotatable bonds is 5. The number of halogens is 1. The minimum Gasteiger partial charge on any atom is -0.497 e. The molecule has 1 fully saturated rings. The summed E-state index contributed by atoms with van der Waals surface area (Å²) >= 11 is 5.95. The van der Waals surface area contributed by atoms with Crippen molar-refractivity contribution in [1.82, 2.24) is 4.31 Å². The lowest BCUT2D eigenvalue weighted by molar-refractivity contribution is -0.119. The lowest BCUT2D eigenvalue weighted by Crippen LogP contribution is -2.43. The fourth-order valence-corrected chi connectivity index (χ4v) is 5.28. The van der Waals surface area contributed by atoms with E-state index in [9.17, 15) is 13.2 Å². The van der Waals surface area contributed by atoms with E-state index in [0.29, 0.717) is 41.4 Å². The summed E-state index contributed by atoms with van der Waals surface area (Å²) < 4.78 is 32.9. The van der Waals surface area contributed by atoms with E-state index >= 15 is 0 Å². The topological polar surface area (TPSA) is 75.7 Å². The molecule has 144 valence electrons. The summed E-state index contributed by atoms with van der Waals surface area (Å²) in [6.07, 6.45) is 1.09. The first-order valence-corrected chi connectivity index (χ1v) is 10.4. The van der Waals surface area contributed by atoms with Gasteiger partial charge in [-0.15, -0.1) is 0 Å². The van der Waals surface area contributed by atoms with Gasteiger partial charge in [-0.2, -0.15) is 4.31 Å². The van der Waals surface area contributed by atoms with Gasteiger partial charge < -0.3 is 10.1 Å². The second-order valence-electron chi connectivity index (χ2n) is 6.40. The van der Waals surface area contributed by atoms with Gasteiger partial charge in [0.2, 0.25) is 15.9 Å². The molecular weight excluding hydrogens is 388 g/mol. The van der Waals surface area contributed by atoms with Gasteiger partial charge in [-0.25, -0.2) is 8.42 Å². The summed E-state index contributed by atoms with van der Waals surface area (Å²) in [5.41, 5.74) is 1.14. The van der Waals surface area contributed by atoms with E-state index in [0.717, 1.165) is 0 Å².